The molecular weight excluding hydrogens is 162 g/mol. The largest absolute Gasteiger partial charge is 0.396 e. The zero-order valence-corrected chi connectivity index (χ0v) is 5.96. The summed E-state index contributed by atoms with van der Waals surface area (Å²) in [6.45, 7) is -0.0391. The average molecular weight is 169 g/mol. The highest BCUT2D eigenvalue weighted by molar-refractivity contribution is 6.23. The van der Waals surface area contributed by atoms with Crippen LogP contribution in [0.2, 0.25) is 0 Å². The molecule has 10 heavy (non-hydrogen) atoms. The van der Waals surface area contributed by atoms with Gasteiger partial charge in [-0.2, -0.15) is 8.78 Å². The summed E-state index contributed by atoms with van der Waals surface area (Å²) >= 11 is 4.44. The second-order valence-corrected chi connectivity index (χ2v) is 2.10. The molecule has 0 saturated carbocycles. The van der Waals surface area contributed by atoms with Crippen LogP contribution in [-0.4, -0.2) is 17.1 Å². The molecule has 0 atom stereocenters. The van der Waals surface area contributed by atoms with Crippen molar-refractivity contribution < 1.29 is 13.9 Å². The van der Waals surface area contributed by atoms with E-state index < -0.39 is 5.38 Å². The zero-order valence-electron chi connectivity index (χ0n) is 5.20. The molecule has 4 heteroatoms. The quantitative estimate of drug-likeness (QED) is 0.377. The maximum atomic E-state index is 11.7. The van der Waals surface area contributed by atoms with Crippen LogP contribution in [0.1, 0.15) is 12.8 Å². The molecule has 1 nitrogen and oxygen atoms in total. The first-order chi connectivity index (χ1) is 4.56. The molecule has 0 aromatic rings. The van der Waals surface area contributed by atoms with Crippen LogP contribution in [0.4, 0.5) is 8.78 Å². The summed E-state index contributed by atoms with van der Waals surface area (Å²) in [5, 5.41) is 4.79. The summed E-state index contributed by atoms with van der Waals surface area (Å²) in [4.78, 5) is 0. The molecule has 0 rings (SSSR count). The van der Waals surface area contributed by atoms with Gasteiger partial charge in [0, 0.05) is 13.0 Å². The summed E-state index contributed by atoms with van der Waals surface area (Å²) in [5.41, 5.74) is 0. The van der Waals surface area contributed by atoms with Crippen LogP contribution in [0.25, 0.3) is 0 Å². The fraction of sp³-hybridized carbons (Fsp3) is 0.667. The van der Waals surface area contributed by atoms with Gasteiger partial charge < -0.3 is 5.11 Å². The van der Waals surface area contributed by atoms with Crippen molar-refractivity contribution in [2.45, 2.75) is 18.2 Å². The molecule has 0 aliphatic heterocycles. The molecule has 0 amide bonds. The molecule has 0 unspecified atom stereocenters. The van der Waals surface area contributed by atoms with Gasteiger partial charge in [-0.15, -0.1) is 0 Å². The smallest absolute Gasteiger partial charge is 0.385 e. The lowest BCUT2D eigenvalue weighted by Crippen LogP contribution is -1.99. The third kappa shape index (κ3) is 7.67. The van der Waals surface area contributed by atoms with Crippen molar-refractivity contribution in [2.24, 2.45) is 0 Å². The molecule has 0 spiro atoms. The van der Waals surface area contributed by atoms with E-state index in [0.29, 0.717) is 6.42 Å². The van der Waals surface area contributed by atoms with Crippen LogP contribution in [-0.2, 0) is 0 Å². The number of aliphatic hydroxyl groups excluding tert-OH is 1. The van der Waals surface area contributed by atoms with Gasteiger partial charge in [0.15, 0.2) is 0 Å². The van der Waals surface area contributed by atoms with Gasteiger partial charge in [0.25, 0.3) is 0 Å². The van der Waals surface area contributed by atoms with Gasteiger partial charge in [-0.25, -0.2) is 0 Å². The molecule has 58 valence electrons. The Morgan fingerprint density at radius 2 is 2.10 bits per heavy atom. The Morgan fingerprint density at radius 3 is 2.50 bits per heavy atom. The number of aliphatic hydroxyl groups is 1. The summed E-state index contributed by atoms with van der Waals surface area (Å²) in [5.74, 6) is 3.66. The van der Waals surface area contributed by atoms with Crippen molar-refractivity contribution in [3.63, 3.8) is 0 Å². The number of hydrogen-bond donors (Lipinski definition) is 1. The van der Waals surface area contributed by atoms with Gasteiger partial charge in [0.2, 0.25) is 0 Å². The van der Waals surface area contributed by atoms with Gasteiger partial charge >= 0.3 is 5.38 Å². The van der Waals surface area contributed by atoms with Gasteiger partial charge in [-0.1, -0.05) is 5.92 Å². The van der Waals surface area contributed by atoms with E-state index in [1.807, 2.05) is 0 Å². The topological polar surface area (TPSA) is 20.2 Å². The number of rotatable bonds is 2. The monoisotopic (exact) mass is 168 g/mol. The molecule has 0 saturated heterocycles. The molecule has 0 aromatic heterocycles. The number of alkyl halides is 3. The van der Waals surface area contributed by atoms with Crippen LogP contribution in [0, 0.1) is 11.8 Å². The van der Waals surface area contributed by atoms with Gasteiger partial charge in [0.1, 0.15) is 0 Å². The van der Waals surface area contributed by atoms with Crippen LogP contribution in [0.15, 0.2) is 0 Å². The molecule has 0 heterocycles. The Morgan fingerprint density at radius 1 is 1.50 bits per heavy atom. The lowest BCUT2D eigenvalue weighted by Gasteiger charge is -1.93. The van der Waals surface area contributed by atoms with Crippen molar-refractivity contribution >= 4 is 11.6 Å². The highest BCUT2D eigenvalue weighted by Crippen LogP contribution is 2.16. The maximum absolute atomic E-state index is 11.7. The standard InChI is InChI=1S/C6H7ClF2O/c7-6(8,9)4-2-1-3-5-10/h10H,1,3,5H2. The SMILES string of the molecule is OCCCC#CC(F)(F)Cl. The van der Waals surface area contributed by atoms with Crippen LogP contribution in [0.3, 0.4) is 0 Å². The summed E-state index contributed by atoms with van der Waals surface area (Å²) in [6.07, 6.45) is 0.652. The van der Waals surface area contributed by atoms with Crippen molar-refractivity contribution in [2.75, 3.05) is 6.61 Å². The maximum Gasteiger partial charge on any atom is 0.385 e. The van der Waals surface area contributed by atoms with Crippen LogP contribution in [0.5, 0.6) is 0 Å². The third-order valence-corrected chi connectivity index (χ3v) is 0.785. The fourth-order valence-corrected chi connectivity index (χ4v) is 0.397. The van der Waals surface area contributed by atoms with E-state index in [1.165, 1.54) is 5.92 Å². The van der Waals surface area contributed by atoms with E-state index in [0.717, 1.165) is 0 Å². The van der Waals surface area contributed by atoms with Crippen molar-refractivity contribution in [3.05, 3.63) is 0 Å². The number of halogens is 3. The first-order valence-electron chi connectivity index (χ1n) is 2.74. The average Bonchev–Trinajstić information content (AvgIpc) is 1.78. The Balaban J connectivity index is 3.50. The first kappa shape index (κ1) is 9.67. The van der Waals surface area contributed by atoms with Gasteiger partial charge in [0.05, 0.1) is 0 Å². The van der Waals surface area contributed by atoms with Gasteiger partial charge in [-0.05, 0) is 23.9 Å². The minimum Gasteiger partial charge on any atom is -0.396 e. The van der Waals surface area contributed by atoms with Crippen LogP contribution >= 0.6 is 11.6 Å². The highest BCUT2D eigenvalue weighted by atomic mass is 35.5. The lowest BCUT2D eigenvalue weighted by molar-refractivity contribution is 0.164. The molecular formula is C6H7ClF2O. The minimum absolute atomic E-state index is 0.0391. The molecule has 0 aliphatic rings. The van der Waals surface area contributed by atoms with E-state index in [4.69, 9.17) is 5.11 Å². The van der Waals surface area contributed by atoms with Gasteiger partial charge in [-0.3, -0.25) is 0 Å². The van der Waals surface area contributed by atoms with Crippen molar-refractivity contribution in [1.29, 1.82) is 0 Å². The molecule has 0 aliphatic carbocycles. The predicted octanol–water partition coefficient (Wildman–Crippen LogP) is 1.59. The Bertz CT molecular complexity index is 142. The van der Waals surface area contributed by atoms with E-state index in [1.54, 1.807) is 0 Å². The van der Waals surface area contributed by atoms with E-state index in [2.05, 4.69) is 17.5 Å². The summed E-state index contributed by atoms with van der Waals surface area (Å²) in [7, 11) is 0. The Hall–Kier alpha value is -0.330. The number of hydrogen-bond acceptors (Lipinski definition) is 1. The molecule has 0 fully saturated rings. The highest BCUT2D eigenvalue weighted by Gasteiger charge is 2.19. The number of unbranched alkanes of at least 4 members (excludes halogenated alkanes) is 1. The van der Waals surface area contributed by atoms with E-state index >= 15 is 0 Å². The van der Waals surface area contributed by atoms with E-state index in [9.17, 15) is 8.78 Å². The van der Waals surface area contributed by atoms with Crippen LogP contribution < -0.4 is 0 Å². The zero-order chi connectivity index (χ0) is 8.04. The Kier molecular flexibility index (Phi) is 4.33. The second-order valence-electron chi connectivity index (χ2n) is 1.63. The minimum atomic E-state index is -3.42. The Labute approximate surface area is 63.0 Å². The molecule has 0 radical (unpaired) electrons. The predicted molar refractivity (Wildman–Crippen MR) is 34.9 cm³/mol. The summed E-state index contributed by atoms with van der Waals surface area (Å²) < 4.78 is 23.4. The fourth-order valence-electron chi connectivity index (χ4n) is 0.330. The first-order valence-corrected chi connectivity index (χ1v) is 3.11. The summed E-state index contributed by atoms with van der Waals surface area (Å²) in [6, 6.07) is 0. The second kappa shape index (κ2) is 4.48. The molecule has 0 bridgehead atoms. The third-order valence-electron chi connectivity index (χ3n) is 0.690. The molecule has 0 aromatic carbocycles. The molecule has 1 N–H and O–H groups in total. The normalized spacial score (nSPS) is 10.4. The van der Waals surface area contributed by atoms with Crippen molar-refractivity contribution in [1.82, 2.24) is 0 Å². The van der Waals surface area contributed by atoms with E-state index in [-0.39, 0.29) is 13.0 Å². The lowest BCUT2D eigenvalue weighted by atomic mass is 10.3. The van der Waals surface area contributed by atoms with Crippen molar-refractivity contribution in [3.8, 4) is 11.8 Å².